The molecule has 8 heteroatoms. The second-order valence-electron chi connectivity index (χ2n) is 2.77. The first-order chi connectivity index (χ1) is 7.17. The lowest BCUT2D eigenvalue weighted by Crippen LogP contribution is -2.21. The summed E-state index contributed by atoms with van der Waals surface area (Å²) in [6.07, 6.45) is 0.643. The third-order valence-corrected chi connectivity index (χ3v) is 1.66. The lowest BCUT2D eigenvalue weighted by molar-refractivity contribution is -0.393. The van der Waals surface area contributed by atoms with Crippen molar-refractivity contribution in [3.05, 3.63) is 22.0 Å². The van der Waals surface area contributed by atoms with Crippen LogP contribution in [0.15, 0.2) is 6.20 Å². The number of hydrogen-bond acceptors (Lipinski definition) is 6. The van der Waals surface area contributed by atoms with E-state index in [9.17, 15) is 10.1 Å². The molecule has 0 fully saturated rings. The minimum absolute atomic E-state index is 0.00384. The highest BCUT2D eigenvalue weighted by atomic mass is 16.6. The summed E-state index contributed by atoms with van der Waals surface area (Å²) >= 11 is 0. The Balaban J connectivity index is 2.47. The van der Waals surface area contributed by atoms with Gasteiger partial charge in [0.05, 0.1) is 13.2 Å². The zero-order valence-corrected chi connectivity index (χ0v) is 7.79. The van der Waals surface area contributed by atoms with E-state index in [0.717, 1.165) is 0 Å². The fourth-order valence-electron chi connectivity index (χ4n) is 0.882. The molecule has 0 unspecified atom stereocenters. The van der Waals surface area contributed by atoms with Crippen LogP contribution in [0.1, 0.15) is 5.69 Å². The van der Waals surface area contributed by atoms with Crippen molar-refractivity contribution >= 4 is 5.95 Å². The monoisotopic (exact) mass is 217 g/mol. The lowest BCUT2D eigenvalue weighted by atomic mass is 10.4. The number of ether oxygens (including phenoxy) is 1. The first-order valence-electron chi connectivity index (χ1n) is 4.19. The van der Waals surface area contributed by atoms with Crippen molar-refractivity contribution in [1.29, 1.82) is 0 Å². The van der Waals surface area contributed by atoms with Gasteiger partial charge in [-0.15, -0.1) is 0 Å². The van der Waals surface area contributed by atoms with Crippen LogP contribution in [-0.2, 0) is 11.3 Å². The second kappa shape index (κ2) is 5.39. The van der Waals surface area contributed by atoms with E-state index < -0.39 is 11.0 Å². The zero-order chi connectivity index (χ0) is 11.3. The maximum absolute atomic E-state index is 10.3. The van der Waals surface area contributed by atoms with Gasteiger partial charge in [-0.3, -0.25) is 0 Å². The van der Waals surface area contributed by atoms with Crippen molar-refractivity contribution in [2.24, 2.45) is 0 Å². The standard InChI is InChI=1S/C7H11N3O5/c11-2-6(3-12)15-4-5-1-8-7(9-5)10(13)14/h1,6,11-12H,2-4H2,(H,8,9). The van der Waals surface area contributed by atoms with Gasteiger partial charge in [0.25, 0.3) is 0 Å². The number of H-pyrrole nitrogens is 1. The molecule has 1 aromatic heterocycles. The summed E-state index contributed by atoms with van der Waals surface area (Å²) in [5, 5.41) is 27.6. The predicted octanol–water partition coefficient (Wildman–Crippen LogP) is -0.812. The number of nitro groups is 1. The Hall–Kier alpha value is -1.51. The minimum atomic E-state index is -0.694. The highest BCUT2D eigenvalue weighted by molar-refractivity contribution is 5.09. The topological polar surface area (TPSA) is 122 Å². The Morgan fingerprint density at radius 3 is 2.73 bits per heavy atom. The average Bonchev–Trinajstić information content (AvgIpc) is 2.68. The molecule has 0 aliphatic heterocycles. The van der Waals surface area contributed by atoms with Crippen molar-refractivity contribution in [2.45, 2.75) is 12.7 Å². The normalized spacial score (nSPS) is 10.9. The van der Waals surface area contributed by atoms with Crippen LogP contribution in [0, 0.1) is 10.1 Å². The van der Waals surface area contributed by atoms with Crippen LogP contribution in [0.2, 0.25) is 0 Å². The smallest absolute Gasteiger partial charge is 0.394 e. The van der Waals surface area contributed by atoms with E-state index in [1.807, 2.05) is 0 Å². The van der Waals surface area contributed by atoms with Gasteiger partial charge in [0.15, 0.2) is 5.69 Å². The Bertz CT molecular complexity index is 322. The molecular weight excluding hydrogens is 206 g/mol. The number of rotatable bonds is 6. The van der Waals surface area contributed by atoms with Crippen LogP contribution in [0.3, 0.4) is 0 Å². The molecule has 0 saturated carbocycles. The van der Waals surface area contributed by atoms with Gasteiger partial charge in [0, 0.05) is 0 Å². The van der Waals surface area contributed by atoms with Crippen LogP contribution in [0.5, 0.6) is 0 Å². The molecule has 0 aliphatic carbocycles. The number of nitrogens with zero attached hydrogens (tertiary/aromatic N) is 2. The number of aromatic amines is 1. The first kappa shape index (κ1) is 11.6. The van der Waals surface area contributed by atoms with Gasteiger partial charge >= 0.3 is 5.95 Å². The molecule has 1 aromatic rings. The third kappa shape index (κ3) is 3.27. The van der Waals surface area contributed by atoms with Crippen molar-refractivity contribution in [3.8, 4) is 0 Å². The van der Waals surface area contributed by atoms with Crippen molar-refractivity contribution < 1.29 is 19.9 Å². The molecule has 0 atom stereocenters. The maximum atomic E-state index is 10.3. The lowest BCUT2D eigenvalue weighted by Gasteiger charge is -2.09. The van der Waals surface area contributed by atoms with Crippen LogP contribution in [0.4, 0.5) is 5.95 Å². The summed E-state index contributed by atoms with van der Waals surface area (Å²) in [6.45, 7) is -0.637. The second-order valence-corrected chi connectivity index (χ2v) is 2.77. The van der Waals surface area contributed by atoms with Gasteiger partial charge in [-0.25, -0.2) is 4.98 Å². The van der Waals surface area contributed by atoms with E-state index in [-0.39, 0.29) is 25.8 Å². The van der Waals surface area contributed by atoms with Crippen LogP contribution in [-0.4, -0.2) is 44.4 Å². The molecule has 0 bridgehead atoms. The van der Waals surface area contributed by atoms with Gasteiger partial charge in [-0.05, 0) is 4.92 Å². The fourth-order valence-corrected chi connectivity index (χ4v) is 0.882. The first-order valence-corrected chi connectivity index (χ1v) is 4.19. The Morgan fingerprint density at radius 1 is 1.60 bits per heavy atom. The largest absolute Gasteiger partial charge is 0.432 e. The van der Waals surface area contributed by atoms with Gasteiger partial charge in [-0.1, -0.05) is 4.98 Å². The quantitative estimate of drug-likeness (QED) is 0.423. The minimum Gasteiger partial charge on any atom is -0.394 e. The fraction of sp³-hybridized carbons (Fsp3) is 0.571. The number of aromatic nitrogens is 2. The van der Waals surface area contributed by atoms with E-state index in [0.29, 0.717) is 5.69 Å². The summed E-state index contributed by atoms with van der Waals surface area (Å²) in [4.78, 5) is 15.6. The molecule has 0 aliphatic rings. The van der Waals surface area contributed by atoms with Crippen molar-refractivity contribution in [3.63, 3.8) is 0 Å². The summed E-state index contributed by atoms with van der Waals surface area (Å²) < 4.78 is 5.01. The summed E-state index contributed by atoms with van der Waals surface area (Å²) in [5.74, 6) is -0.363. The number of aliphatic hydroxyl groups excluding tert-OH is 2. The molecule has 3 N–H and O–H groups in total. The van der Waals surface area contributed by atoms with Gasteiger partial charge < -0.3 is 25.1 Å². The average molecular weight is 217 g/mol. The van der Waals surface area contributed by atoms with E-state index in [2.05, 4.69) is 9.97 Å². The number of aliphatic hydroxyl groups is 2. The Kier molecular flexibility index (Phi) is 4.16. The summed E-state index contributed by atoms with van der Waals surface area (Å²) in [5.41, 5.74) is 0.341. The van der Waals surface area contributed by atoms with Gasteiger partial charge in [0.2, 0.25) is 0 Å². The van der Waals surface area contributed by atoms with E-state index >= 15 is 0 Å². The van der Waals surface area contributed by atoms with Crippen LogP contribution in [0.25, 0.3) is 0 Å². The molecule has 1 rings (SSSR count). The van der Waals surface area contributed by atoms with E-state index in [1.54, 1.807) is 0 Å². The highest BCUT2D eigenvalue weighted by Crippen LogP contribution is 2.06. The van der Waals surface area contributed by atoms with E-state index in [1.165, 1.54) is 6.20 Å². The molecule has 8 nitrogen and oxygen atoms in total. The van der Waals surface area contributed by atoms with Crippen LogP contribution >= 0.6 is 0 Å². The highest BCUT2D eigenvalue weighted by Gasteiger charge is 2.13. The molecule has 0 saturated heterocycles. The molecule has 0 amide bonds. The Labute approximate surface area is 84.7 Å². The Morgan fingerprint density at radius 2 is 2.27 bits per heavy atom. The molecule has 15 heavy (non-hydrogen) atoms. The van der Waals surface area contributed by atoms with Crippen molar-refractivity contribution in [1.82, 2.24) is 9.97 Å². The number of nitrogens with one attached hydrogen (secondary N) is 1. The third-order valence-electron chi connectivity index (χ3n) is 1.66. The predicted molar refractivity (Wildman–Crippen MR) is 48.0 cm³/mol. The maximum Gasteiger partial charge on any atom is 0.432 e. The van der Waals surface area contributed by atoms with Crippen LogP contribution < -0.4 is 0 Å². The summed E-state index contributed by atoms with van der Waals surface area (Å²) in [7, 11) is 0. The molecule has 0 aromatic carbocycles. The summed E-state index contributed by atoms with van der Waals surface area (Å²) in [6, 6.07) is 0. The van der Waals surface area contributed by atoms with Crippen molar-refractivity contribution in [2.75, 3.05) is 13.2 Å². The molecule has 0 spiro atoms. The van der Waals surface area contributed by atoms with Gasteiger partial charge in [0.1, 0.15) is 18.9 Å². The molecule has 84 valence electrons. The SMILES string of the molecule is O=[N+]([O-])c1nc(COC(CO)CO)c[nH]1. The molecule has 1 heterocycles. The van der Waals surface area contributed by atoms with E-state index in [4.69, 9.17) is 14.9 Å². The molecular formula is C7H11N3O5. The molecule has 0 radical (unpaired) electrons. The number of hydrogen-bond donors (Lipinski definition) is 3. The zero-order valence-electron chi connectivity index (χ0n) is 7.79. The van der Waals surface area contributed by atoms with Gasteiger partial charge in [-0.2, -0.15) is 0 Å². The number of imidazole rings is 1.